The van der Waals surface area contributed by atoms with Gasteiger partial charge in [0, 0.05) is 5.88 Å². The zero-order valence-electron chi connectivity index (χ0n) is 7.06. The Morgan fingerprint density at radius 3 is 2.77 bits per heavy atom. The molecule has 0 fully saturated rings. The predicted octanol–water partition coefficient (Wildman–Crippen LogP) is 3.38. The Bertz CT molecular complexity index is 328. The van der Waals surface area contributed by atoms with Gasteiger partial charge in [-0.15, -0.1) is 11.6 Å². The fourth-order valence-electron chi connectivity index (χ4n) is 1.12. The first-order valence-electron chi connectivity index (χ1n) is 4.03. The maximum atomic E-state index is 8.71. The number of halogens is 2. The molecule has 1 nitrogen and oxygen atoms in total. The van der Waals surface area contributed by atoms with Crippen LogP contribution in [0.3, 0.4) is 0 Å². The third-order valence-corrected chi connectivity index (χ3v) is 2.49. The molecule has 0 unspecified atom stereocenters. The van der Waals surface area contributed by atoms with Crippen LogP contribution in [0.25, 0.3) is 0 Å². The van der Waals surface area contributed by atoms with Crippen LogP contribution in [0.15, 0.2) is 18.2 Å². The van der Waals surface area contributed by atoms with Gasteiger partial charge in [-0.3, -0.25) is 0 Å². The van der Waals surface area contributed by atoms with Crippen LogP contribution in [0, 0.1) is 11.3 Å². The molecule has 1 aromatic rings. The van der Waals surface area contributed by atoms with Crippen LogP contribution in [-0.2, 0) is 6.42 Å². The van der Waals surface area contributed by atoms with Crippen LogP contribution in [0.2, 0.25) is 5.02 Å². The average Bonchev–Trinajstić information content (AvgIpc) is 2.16. The van der Waals surface area contributed by atoms with E-state index in [2.05, 4.69) is 0 Å². The van der Waals surface area contributed by atoms with Gasteiger partial charge in [0.2, 0.25) is 0 Å². The second-order valence-corrected chi connectivity index (χ2v) is 3.44. The van der Waals surface area contributed by atoms with Crippen molar-refractivity contribution >= 4 is 23.2 Å². The highest BCUT2D eigenvalue weighted by Crippen LogP contribution is 2.21. The van der Waals surface area contributed by atoms with Gasteiger partial charge in [-0.05, 0) is 24.5 Å². The lowest BCUT2D eigenvalue weighted by Gasteiger charge is -2.03. The van der Waals surface area contributed by atoms with Gasteiger partial charge in [0.25, 0.3) is 0 Å². The molecule has 0 heterocycles. The predicted molar refractivity (Wildman–Crippen MR) is 55.2 cm³/mol. The Balaban J connectivity index is 2.90. The molecule has 0 saturated heterocycles. The van der Waals surface area contributed by atoms with Crippen LogP contribution in [-0.4, -0.2) is 5.88 Å². The van der Waals surface area contributed by atoms with Crippen molar-refractivity contribution in [2.45, 2.75) is 12.8 Å². The highest BCUT2D eigenvalue weighted by molar-refractivity contribution is 6.32. The summed E-state index contributed by atoms with van der Waals surface area (Å²) in [5.74, 6) is 0.618. The highest BCUT2D eigenvalue weighted by Gasteiger charge is 2.04. The molecule has 0 saturated carbocycles. The molecule has 0 atom stereocenters. The maximum Gasteiger partial charge on any atom is 0.101 e. The molecule has 0 bridgehead atoms. The molecule has 3 heteroatoms. The molecule has 0 N–H and O–H groups in total. The number of benzene rings is 1. The summed E-state index contributed by atoms with van der Waals surface area (Å²) in [6.45, 7) is 0. The van der Waals surface area contributed by atoms with Gasteiger partial charge in [0.15, 0.2) is 0 Å². The normalized spacial score (nSPS) is 9.62. The summed E-state index contributed by atoms with van der Waals surface area (Å²) in [6.07, 6.45) is 1.72. The number of hydrogen-bond acceptors (Lipinski definition) is 1. The molecule has 1 rings (SSSR count). The van der Waals surface area contributed by atoms with Crippen molar-refractivity contribution in [3.63, 3.8) is 0 Å². The van der Waals surface area contributed by atoms with Crippen molar-refractivity contribution in [1.29, 1.82) is 5.26 Å². The van der Waals surface area contributed by atoms with Crippen LogP contribution < -0.4 is 0 Å². The largest absolute Gasteiger partial charge is 0.192 e. The minimum absolute atomic E-state index is 0.536. The lowest BCUT2D eigenvalue weighted by atomic mass is 10.1. The Kier molecular flexibility index (Phi) is 4.08. The number of hydrogen-bond donors (Lipinski definition) is 0. The van der Waals surface area contributed by atoms with Crippen LogP contribution in [0.1, 0.15) is 17.5 Å². The summed E-state index contributed by atoms with van der Waals surface area (Å²) in [5.41, 5.74) is 1.54. The van der Waals surface area contributed by atoms with Crippen molar-refractivity contribution in [2.75, 3.05) is 5.88 Å². The van der Waals surface area contributed by atoms with E-state index in [1.165, 1.54) is 0 Å². The monoisotopic (exact) mass is 213 g/mol. The van der Waals surface area contributed by atoms with Gasteiger partial charge in [-0.2, -0.15) is 5.26 Å². The van der Waals surface area contributed by atoms with Crippen LogP contribution in [0.4, 0.5) is 0 Å². The minimum Gasteiger partial charge on any atom is -0.192 e. The fraction of sp³-hybridized carbons (Fsp3) is 0.300. The maximum absolute atomic E-state index is 8.71. The van der Waals surface area contributed by atoms with Crippen molar-refractivity contribution in [3.05, 3.63) is 34.3 Å². The summed E-state index contributed by atoms with van der Waals surface area (Å²) in [7, 11) is 0. The lowest BCUT2D eigenvalue weighted by Crippen LogP contribution is -1.89. The number of alkyl halides is 1. The summed E-state index contributed by atoms with van der Waals surface area (Å²) < 4.78 is 0. The Hall–Kier alpha value is -0.710. The first-order chi connectivity index (χ1) is 6.29. The topological polar surface area (TPSA) is 23.8 Å². The molecule has 0 spiro atoms. The first-order valence-corrected chi connectivity index (χ1v) is 4.94. The Morgan fingerprint density at radius 1 is 1.38 bits per heavy atom. The van der Waals surface area contributed by atoms with E-state index in [4.69, 9.17) is 28.5 Å². The smallest absolute Gasteiger partial charge is 0.101 e. The molecule has 0 radical (unpaired) electrons. The summed E-state index contributed by atoms with van der Waals surface area (Å²) in [4.78, 5) is 0. The van der Waals surface area contributed by atoms with Crippen molar-refractivity contribution < 1.29 is 0 Å². The van der Waals surface area contributed by atoms with E-state index in [1.807, 2.05) is 18.2 Å². The number of nitriles is 1. The van der Waals surface area contributed by atoms with Gasteiger partial charge in [-0.25, -0.2) is 0 Å². The van der Waals surface area contributed by atoms with Crippen LogP contribution in [0.5, 0.6) is 0 Å². The van der Waals surface area contributed by atoms with Crippen LogP contribution >= 0.6 is 23.2 Å². The van der Waals surface area contributed by atoms with Gasteiger partial charge < -0.3 is 0 Å². The third-order valence-electron chi connectivity index (χ3n) is 1.78. The number of nitrogens with zero attached hydrogens (tertiary/aromatic N) is 1. The van der Waals surface area contributed by atoms with Crippen molar-refractivity contribution in [3.8, 4) is 6.07 Å². The van der Waals surface area contributed by atoms with E-state index < -0.39 is 0 Å². The molecule has 68 valence electrons. The fourth-order valence-corrected chi connectivity index (χ4v) is 1.51. The summed E-state index contributed by atoms with van der Waals surface area (Å²) >= 11 is 11.5. The Labute approximate surface area is 87.9 Å². The van der Waals surface area contributed by atoms with E-state index in [0.717, 1.165) is 18.4 Å². The third kappa shape index (κ3) is 2.62. The van der Waals surface area contributed by atoms with Gasteiger partial charge in [0.05, 0.1) is 10.6 Å². The van der Waals surface area contributed by atoms with E-state index in [0.29, 0.717) is 16.5 Å². The molecule has 0 aliphatic rings. The SMILES string of the molecule is N#Cc1cccc(CCCCl)c1Cl. The standard InChI is InChI=1S/C10H9Cl2N/c11-6-2-5-8-3-1-4-9(7-13)10(8)12/h1,3-4H,2,5-6H2. The second kappa shape index (κ2) is 5.11. The molecule has 0 amide bonds. The molecular formula is C10H9Cl2N. The van der Waals surface area contributed by atoms with Crippen molar-refractivity contribution in [2.24, 2.45) is 0 Å². The molecule has 13 heavy (non-hydrogen) atoms. The zero-order valence-corrected chi connectivity index (χ0v) is 8.57. The first kappa shape index (κ1) is 10.4. The van der Waals surface area contributed by atoms with E-state index >= 15 is 0 Å². The lowest BCUT2D eigenvalue weighted by molar-refractivity contribution is 0.928. The van der Waals surface area contributed by atoms with E-state index in [1.54, 1.807) is 6.07 Å². The quantitative estimate of drug-likeness (QED) is 0.707. The zero-order chi connectivity index (χ0) is 9.68. The van der Waals surface area contributed by atoms with Crippen molar-refractivity contribution in [1.82, 2.24) is 0 Å². The summed E-state index contributed by atoms with van der Waals surface area (Å²) in [5, 5.41) is 9.27. The average molecular weight is 214 g/mol. The Morgan fingerprint density at radius 2 is 2.15 bits per heavy atom. The van der Waals surface area contributed by atoms with Gasteiger partial charge in [-0.1, -0.05) is 23.7 Å². The number of rotatable bonds is 3. The molecule has 1 aromatic carbocycles. The van der Waals surface area contributed by atoms with Gasteiger partial charge in [0.1, 0.15) is 6.07 Å². The minimum atomic E-state index is 0.536. The second-order valence-electron chi connectivity index (χ2n) is 2.68. The molecule has 0 aliphatic carbocycles. The number of aryl methyl sites for hydroxylation is 1. The van der Waals surface area contributed by atoms with E-state index in [9.17, 15) is 0 Å². The van der Waals surface area contributed by atoms with Gasteiger partial charge >= 0.3 is 0 Å². The molecular weight excluding hydrogens is 205 g/mol. The summed E-state index contributed by atoms with van der Waals surface area (Å²) in [6, 6.07) is 7.53. The highest BCUT2D eigenvalue weighted by atomic mass is 35.5. The molecule has 0 aliphatic heterocycles. The molecule has 0 aromatic heterocycles. The van der Waals surface area contributed by atoms with E-state index in [-0.39, 0.29) is 0 Å².